The Morgan fingerprint density at radius 3 is 2.65 bits per heavy atom. The van der Waals surface area contributed by atoms with Crippen molar-refractivity contribution in [2.24, 2.45) is 7.05 Å². The van der Waals surface area contributed by atoms with E-state index < -0.39 is 18.8 Å². The molecular weight excluding hydrogens is 369 g/mol. The number of benzene rings is 1. The molecule has 1 aliphatic heterocycles. The molecule has 0 amide bonds. The van der Waals surface area contributed by atoms with Crippen LogP contribution >= 0.6 is 12.2 Å². The van der Waals surface area contributed by atoms with Crippen LogP contribution in [0.5, 0.6) is 11.5 Å². The third-order valence-corrected chi connectivity index (χ3v) is 4.54. The fourth-order valence-corrected chi connectivity index (χ4v) is 2.92. The van der Waals surface area contributed by atoms with E-state index in [1.807, 2.05) is 12.1 Å². The van der Waals surface area contributed by atoms with Crippen molar-refractivity contribution in [3.63, 3.8) is 0 Å². The second kappa shape index (κ2) is 7.28. The molecule has 2 heterocycles. The Hall–Kier alpha value is -2.07. The van der Waals surface area contributed by atoms with Crippen LogP contribution in [0.4, 0.5) is 13.2 Å². The summed E-state index contributed by atoms with van der Waals surface area (Å²) in [6, 6.07) is 7.27. The first-order chi connectivity index (χ1) is 12.3. The van der Waals surface area contributed by atoms with Gasteiger partial charge in [0.25, 0.3) is 0 Å². The van der Waals surface area contributed by atoms with Crippen LogP contribution in [-0.4, -0.2) is 45.1 Å². The Morgan fingerprint density at radius 2 is 2.00 bits per heavy atom. The summed E-state index contributed by atoms with van der Waals surface area (Å²) in [7, 11) is 1.71. The van der Waals surface area contributed by atoms with E-state index in [4.69, 9.17) is 21.7 Å². The van der Waals surface area contributed by atoms with Crippen LogP contribution in [0, 0.1) is 4.77 Å². The Morgan fingerprint density at radius 1 is 1.31 bits per heavy atom. The highest BCUT2D eigenvalue weighted by Gasteiger charge is 2.31. The maximum absolute atomic E-state index is 12.7. The van der Waals surface area contributed by atoms with Crippen molar-refractivity contribution in [1.29, 1.82) is 0 Å². The van der Waals surface area contributed by atoms with Gasteiger partial charge in [-0.05, 0) is 30.9 Å². The minimum absolute atomic E-state index is 0.0488. The van der Waals surface area contributed by atoms with Gasteiger partial charge in [0.15, 0.2) is 28.2 Å². The molecule has 1 aromatic heterocycles. The molecule has 0 saturated carbocycles. The van der Waals surface area contributed by atoms with Crippen LogP contribution in [0.15, 0.2) is 24.3 Å². The van der Waals surface area contributed by atoms with E-state index in [2.05, 4.69) is 5.10 Å². The van der Waals surface area contributed by atoms with E-state index in [1.54, 1.807) is 30.7 Å². The number of ether oxygens (including phenoxy) is 2. The molecule has 3 rings (SSSR count). The molecule has 0 radical (unpaired) electrons. The maximum Gasteiger partial charge on any atom is 0.401 e. The van der Waals surface area contributed by atoms with Crippen LogP contribution in [-0.2, 0) is 13.7 Å². The van der Waals surface area contributed by atoms with E-state index in [0.717, 1.165) is 0 Å². The van der Waals surface area contributed by atoms with E-state index in [1.165, 1.54) is 9.58 Å². The number of para-hydroxylation sites is 2. The second-order valence-corrected chi connectivity index (χ2v) is 6.33. The number of nitrogens with zero attached hydrogens (tertiary/aromatic N) is 4. The third-order valence-electron chi connectivity index (χ3n) is 4.06. The first-order valence-corrected chi connectivity index (χ1v) is 8.50. The monoisotopic (exact) mass is 388 g/mol. The van der Waals surface area contributed by atoms with Crippen molar-refractivity contribution in [3.05, 3.63) is 34.9 Å². The van der Waals surface area contributed by atoms with Gasteiger partial charge in [-0.3, -0.25) is 4.90 Å². The van der Waals surface area contributed by atoms with Crippen LogP contribution in [0.1, 0.15) is 18.9 Å². The molecule has 0 aliphatic carbocycles. The Kier molecular flexibility index (Phi) is 5.24. The van der Waals surface area contributed by atoms with E-state index in [0.29, 0.717) is 22.1 Å². The fraction of sp³-hybridized carbons (Fsp3) is 0.500. The highest BCUT2D eigenvalue weighted by atomic mass is 32.1. The maximum atomic E-state index is 12.7. The van der Waals surface area contributed by atoms with E-state index >= 15 is 0 Å². The second-order valence-electron chi connectivity index (χ2n) is 5.97. The van der Waals surface area contributed by atoms with Crippen LogP contribution < -0.4 is 9.47 Å². The van der Waals surface area contributed by atoms with Crippen molar-refractivity contribution in [2.75, 3.05) is 19.7 Å². The molecule has 142 valence electrons. The fourth-order valence-electron chi connectivity index (χ4n) is 2.73. The molecule has 10 heteroatoms. The van der Waals surface area contributed by atoms with Crippen LogP contribution in [0.2, 0.25) is 0 Å². The standard InChI is InChI=1S/C16H19F3N4O2S/c1-3-22(9-16(17,18)19)10-23-15(26)21(2)14(20-23)13-8-24-11-6-4-5-7-12(11)25-13/h4-7,13H,3,8-10H2,1-2H3/t13-/m0/s1. The summed E-state index contributed by atoms with van der Waals surface area (Å²) >= 11 is 5.33. The molecule has 0 unspecified atom stereocenters. The molecular formula is C16H19F3N4O2S. The largest absolute Gasteiger partial charge is 0.485 e. The van der Waals surface area contributed by atoms with Gasteiger partial charge in [0.05, 0.1) is 13.2 Å². The summed E-state index contributed by atoms with van der Waals surface area (Å²) < 4.78 is 53.0. The first-order valence-electron chi connectivity index (χ1n) is 8.10. The van der Waals surface area contributed by atoms with E-state index in [-0.39, 0.29) is 19.8 Å². The van der Waals surface area contributed by atoms with Gasteiger partial charge in [-0.2, -0.15) is 18.3 Å². The van der Waals surface area contributed by atoms with Crippen molar-refractivity contribution >= 4 is 12.2 Å². The average molecular weight is 388 g/mol. The van der Waals surface area contributed by atoms with E-state index in [9.17, 15) is 13.2 Å². The molecule has 26 heavy (non-hydrogen) atoms. The number of fused-ring (bicyclic) bond motifs is 1. The lowest BCUT2D eigenvalue weighted by Gasteiger charge is -2.25. The topological polar surface area (TPSA) is 44.5 Å². The molecule has 0 bridgehead atoms. The van der Waals surface area contributed by atoms with Gasteiger partial charge in [-0.15, -0.1) is 0 Å². The zero-order valence-corrected chi connectivity index (χ0v) is 15.2. The summed E-state index contributed by atoms with van der Waals surface area (Å²) in [5.74, 6) is 1.75. The highest BCUT2D eigenvalue weighted by molar-refractivity contribution is 7.71. The van der Waals surface area contributed by atoms with Gasteiger partial charge in [0.2, 0.25) is 0 Å². The molecule has 1 atom stereocenters. The first kappa shape index (κ1) is 18.7. The lowest BCUT2D eigenvalue weighted by atomic mass is 10.2. The molecule has 2 aromatic rings. The average Bonchev–Trinajstić information content (AvgIpc) is 2.88. The predicted molar refractivity (Wildman–Crippen MR) is 90.6 cm³/mol. The Balaban J connectivity index is 1.81. The molecule has 1 aliphatic rings. The lowest BCUT2D eigenvalue weighted by Crippen LogP contribution is -2.36. The zero-order valence-electron chi connectivity index (χ0n) is 14.4. The molecule has 0 N–H and O–H groups in total. The predicted octanol–water partition coefficient (Wildman–Crippen LogP) is 3.31. The van der Waals surface area contributed by atoms with Gasteiger partial charge < -0.3 is 14.0 Å². The number of halogens is 3. The van der Waals surface area contributed by atoms with Crippen molar-refractivity contribution in [1.82, 2.24) is 19.2 Å². The minimum Gasteiger partial charge on any atom is -0.485 e. The number of alkyl halides is 3. The van der Waals surface area contributed by atoms with Crippen LogP contribution in [0.3, 0.4) is 0 Å². The summed E-state index contributed by atoms with van der Waals surface area (Å²) in [6.07, 6.45) is -4.77. The number of rotatable bonds is 5. The van der Waals surface area contributed by atoms with Crippen molar-refractivity contribution in [2.45, 2.75) is 25.9 Å². The molecule has 6 nitrogen and oxygen atoms in total. The van der Waals surface area contributed by atoms with Crippen molar-refractivity contribution in [3.8, 4) is 11.5 Å². The molecule has 0 saturated heterocycles. The zero-order chi connectivity index (χ0) is 18.9. The SMILES string of the molecule is CCN(Cn1nc([C@@H]2COc3ccccc3O2)n(C)c1=S)CC(F)(F)F. The molecule has 1 aromatic carbocycles. The molecule has 0 fully saturated rings. The van der Waals surface area contributed by atoms with Gasteiger partial charge in [-0.1, -0.05) is 19.1 Å². The molecule has 0 spiro atoms. The van der Waals surface area contributed by atoms with Crippen molar-refractivity contribution < 1.29 is 22.6 Å². The highest BCUT2D eigenvalue weighted by Crippen LogP contribution is 2.35. The minimum atomic E-state index is -4.28. The van der Waals surface area contributed by atoms with Gasteiger partial charge >= 0.3 is 6.18 Å². The summed E-state index contributed by atoms with van der Waals surface area (Å²) in [5, 5.41) is 4.39. The lowest BCUT2D eigenvalue weighted by molar-refractivity contribution is -0.149. The van der Waals surface area contributed by atoms with Gasteiger partial charge in [0.1, 0.15) is 6.61 Å². The van der Waals surface area contributed by atoms with Gasteiger partial charge in [-0.25, -0.2) is 4.68 Å². The van der Waals surface area contributed by atoms with Crippen LogP contribution in [0.25, 0.3) is 0 Å². The number of aromatic nitrogens is 3. The number of hydrogen-bond acceptors (Lipinski definition) is 5. The summed E-state index contributed by atoms with van der Waals surface area (Å²) in [4.78, 5) is 1.22. The Labute approximate surface area is 153 Å². The summed E-state index contributed by atoms with van der Waals surface area (Å²) in [6.45, 7) is 1.06. The van der Waals surface area contributed by atoms with Gasteiger partial charge in [0, 0.05) is 7.05 Å². The smallest absolute Gasteiger partial charge is 0.401 e. The third kappa shape index (κ3) is 4.01. The number of hydrogen-bond donors (Lipinski definition) is 0. The Bertz CT molecular complexity index is 834. The quantitative estimate of drug-likeness (QED) is 0.736. The summed E-state index contributed by atoms with van der Waals surface area (Å²) in [5.41, 5.74) is 0. The normalized spacial score (nSPS) is 16.9.